The third-order valence-electron chi connectivity index (χ3n) is 4.36. The number of amides is 2. The van der Waals surface area contributed by atoms with Gasteiger partial charge in [0.2, 0.25) is 5.88 Å². The van der Waals surface area contributed by atoms with Crippen LogP contribution in [0.1, 0.15) is 44.0 Å². The number of ether oxygens (including phenoxy) is 3. The van der Waals surface area contributed by atoms with Gasteiger partial charge < -0.3 is 24.4 Å². The van der Waals surface area contributed by atoms with Gasteiger partial charge in [0, 0.05) is 32.9 Å². The molecule has 0 radical (unpaired) electrons. The maximum Gasteiger partial charge on any atom is 0.407 e. The number of carbonyl (C=O) groups excluding carboxylic acids is 2. The Hall–Kier alpha value is -2.35. The molecule has 2 heterocycles. The zero-order valence-corrected chi connectivity index (χ0v) is 17.2. The van der Waals surface area contributed by atoms with Crippen LogP contribution >= 0.6 is 0 Å². The lowest BCUT2D eigenvalue weighted by Gasteiger charge is -2.32. The Labute approximate surface area is 166 Å². The van der Waals surface area contributed by atoms with Gasteiger partial charge >= 0.3 is 6.09 Å². The van der Waals surface area contributed by atoms with E-state index in [1.165, 1.54) is 0 Å². The maximum absolute atomic E-state index is 12.9. The van der Waals surface area contributed by atoms with Gasteiger partial charge in [0.1, 0.15) is 17.8 Å². The van der Waals surface area contributed by atoms with Gasteiger partial charge in [-0.05, 0) is 51.7 Å². The molecule has 1 saturated heterocycles. The van der Waals surface area contributed by atoms with Crippen LogP contribution in [-0.4, -0.2) is 67.4 Å². The highest BCUT2D eigenvalue weighted by Gasteiger charge is 2.26. The van der Waals surface area contributed by atoms with Crippen molar-refractivity contribution in [2.24, 2.45) is 5.92 Å². The lowest BCUT2D eigenvalue weighted by Crippen LogP contribution is -2.42. The van der Waals surface area contributed by atoms with E-state index < -0.39 is 11.7 Å². The Morgan fingerprint density at radius 2 is 1.96 bits per heavy atom. The van der Waals surface area contributed by atoms with Gasteiger partial charge in [-0.2, -0.15) is 0 Å². The first-order chi connectivity index (χ1) is 13.3. The van der Waals surface area contributed by atoms with Gasteiger partial charge in [0.05, 0.1) is 6.61 Å². The van der Waals surface area contributed by atoms with Crippen molar-refractivity contribution in [2.75, 3.05) is 40.0 Å². The molecule has 1 aromatic heterocycles. The highest BCUT2D eigenvalue weighted by Crippen LogP contribution is 2.22. The Bertz CT molecular complexity index is 651. The first-order valence-electron chi connectivity index (χ1n) is 9.63. The Morgan fingerprint density at radius 3 is 2.61 bits per heavy atom. The van der Waals surface area contributed by atoms with Gasteiger partial charge in [-0.15, -0.1) is 0 Å². The monoisotopic (exact) mass is 393 g/mol. The molecule has 0 spiro atoms. The first kappa shape index (κ1) is 21.9. The number of rotatable bonds is 7. The summed E-state index contributed by atoms with van der Waals surface area (Å²) in [6.07, 6.45) is 2.84. The molecule has 0 bridgehead atoms. The van der Waals surface area contributed by atoms with Crippen LogP contribution in [0, 0.1) is 5.92 Å². The molecule has 0 unspecified atom stereocenters. The van der Waals surface area contributed by atoms with Gasteiger partial charge in [-0.1, -0.05) is 0 Å². The fourth-order valence-corrected chi connectivity index (χ4v) is 2.94. The van der Waals surface area contributed by atoms with Crippen LogP contribution < -0.4 is 10.1 Å². The SMILES string of the molecule is COCCOc1ncccc1C(=O)N1CCC(CNC(=O)OC(C)(C)C)CC1. The van der Waals surface area contributed by atoms with E-state index in [9.17, 15) is 9.59 Å². The van der Waals surface area contributed by atoms with E-state index in [-0.39, 0.29) is 5.91 Å². The quantitative estimate of drug-likeness (QED) is 0.716. The summed E-state index contributed by atoms with van der Waals surface area (Å²) in [6.45, 7) is 8.09. The van der Waals surface area contributed by atoms with Gasteiger partial charge in [0.25, 0.3) is 5.91 Å². The minimum atomic E-state index is -0.507. The van der Waals surface area contributed by atoms with Crippen molar-refractivity contribution in [2.45, 2.75) is 39.2 Å². The maximum atomic E-state index is 12.9. The molecule has 1 fully saturated rings. The summed E-state index contributed by atoms with van der Waals surface area (Å²) in [4.78, 5) is 30.6. The highest BCUT2D eigenvalue weighted by atomic mass is 16.6. The second kappa shape index (κ2) is 10.3. The number of aromatic nitrogens is 1. The Kier molecular flexibility index (Phi) is 8.04. The van der Waals surface area contributed by atoms with Crippen LogP contribution in [-0.2, 0) is 9.47 Å². The van der Waals surface area contributed by atoms with Crippen LogP contribution in [0.3, 0.4) is 0 Å². The number of likely N-dealkylation sites (tertiary alicyclic amines) is 1. The normalized spacial score (nSPS) is 15.2. The molecule has 0 aromatic carbocycles. The minimum Gasteiger partial charge on any atom is -0.475 e. The molecule has 2 amide bonds. The molecule has 1 N–H and O–H groups in total. The number of piperidine rings is 1. The lowest BCUT2D eigenvalue weighted by molar-refractivity contribution is 0.0499. The summed E-state index contributed by atoms with van der Waals surface area (Å²) in [7, 11) is 1.59. The first-order valence-corrected chi connectivity index (χ1v) is 9.63. The number of hydrogen-bond donors (Lipinski definition) is 1. The standard InChI is InChI=1S/C20H31N3O5/c1-20(2,3)28-19(25)22-14-15-7-10-23(11-8-15)18(24)16-6-5-9-21-17(16)27-13-12-26-4/h5-6,9,15H,7-8,10-14H2,1-4H3,(H,22,25). The number of alkyl carbamates (subject to hydrolysis) is 1. The van der Waals surface area contributed by atoms with Crippen LogP contribution in [0.25, 0.3) is 0 Å². The second-order valence-electron chi connectivity index (χ2n) is 7.82. The van der Waals surface area contributed by atoms with E-state index in [0.29, 0.717) is 50.2 Å². The van der Waals surface area contributed by atoms with Gasteiger partial charge in [-0.3, -0.25) is 4.79 Å². The van der Waals surface area contributed by atoms with Crippen molar-refractivity contribution in [3.05, 3.63) is 23.9 Å². The Morgan fingerprint density at radius 1 is 1.25 bits per heavy atom. The summed E-state index contributed by atoms with van der Waals surface area (Å²) >= 11 is 0. The third kappa shape index (κ3) is 6.99. The molecule has 1 aromatic rings. The minimum absolute atomic E-state index is 0.0842. The number of nitrogens with one attached hydrogen (secondary N) is 1. The van der Waals surface area contributed by atoms with E-state index in [2.05, 4.69) is 10.3 Å². The van der Waals surface area contributed by atoms with E-state index in [1.807, 2.05) is 25.7 Å². The van der Waals surface area contributed by atoms with Crippen LogP contribution in [0.4, 0.5) is 4.79 Å². The average Bonchev–Trinajstić information content (AvgIpc) is 2.65. The average molecular weight is 393 g/mol. The summed E-state index contributed by atoms with van der Waals surface area (Å²) in [5, 5.41) is 2.82. The molecule has 1 aliphatic heterocycles. The van der Waals surface area contributed by atoms with E-state index in [0.717, 1.165) is 12.8 Å². The fourth-order valence-electron chi connectivity index (χ4n) is 2.94. The molecule has 1 aliphatic rings. The van der Waals surface area contributed by atoms with E-state index in [1.54, 1.807) is 25.4 Å². The predicted molar refractivity (Wildman–Crippen MR) is 104 cm³/mol. The topological polar surface area (TPSA) is 90.0 Å². The molecule has 0 aliphatic carbocycles. The molecule has 0 saturated carbocycles. The number of methoxy groups -OCH3 is 1. The third-order valence-corrected chi connectivity index (χ3v) is 4.36. The highest BCUT2D eigenvalue weighted by molar-refractivity contribution is 5.96. The van der Waals surface area contributed by atoms with Crippen LogP contribution in [0.5, 0.6) is 5.88 Å². The molecular weight excluding hydrogens is 362 g/mol. The second-order valence-corrected chi connectivity index (χ2v) is 7.82. The van der Waals surface area contributed by atoms with Crippen molar-refractivity contribution >= 4 is 12.0 Å². The number of nitrogens with zero attached hydrogens (tertiary/aromatic N) is 2. The van der Waals surface area contributed by atoms with Gasteiger partial charge in [-0.25, -0.2) is 9.78 Å². The van der Waals surface area contributed by atoms with E-state index >= 15 is 0 Å². The van der Waals surface area contributed by atoms with Gasteiger partial charge in [0.15, 0.2) is 0 Å². The van der Waals surface area contributed by atoms with Crippen molar-refractivity contribution in [3.8, 4) is 5.88 Å². The van der Waals surface area contributed by atoms with Crippen LogP contribution in [0.2, 0.25) is 0 Å². The summed E-state index contributed by atoms with van der Waals surface area (Å²) in [5.74, 6) is 0.570. The number of carbonyl (C=O) groups is 2. The molecule has 8 heteroatoms. The predicted octanol–water partition coefficient (Wildman–Crippen LogP) is 2.48. The number of hydrogen-bond acceptors (Lipinski definition) is 6. The van der Waals surface area contributed by atoms with Crippen molar-refractivity contribution < 1.29 is 23.8 Å². The molecule has 8 nitrogen and oxygen atoms in total. The molecule has 28 heavy (non-hydrogen) atoms. The van der Waals surface area contributed by atoms with Crippen molar-refractivity contribution in [1.29, 1.82) is 0 Å². The molecule has 0 atom stereocenters. The molecule has 156 valence electrons. The lowest BCUT2D eigenvalue weighted by atomic mass is 9.96. The smallest absolute Gasteiger partial charge is 0.407 e. The summed E-state index contributed by atoms with van der Waals surface area (Å²) in [6, 6.07) is 3.46. The van der Waals surface area contributed by atoms with E-state index in [4.69, 9.17) is 14.2 Å². The number of pyridine rings is 1. The molecule has 2 rings (SSSR count). The Balaban J connectivity index is 1.83. The van der Waals surface area contributed by atoms with Crippen molar-refractivity contribution in [3.63, 3.8) is 0 Å². The largest absolute Gasteiger partial charge is 0.475 e. The molecular formula is C20H31N3O5. The summed E-state index contributed by atoms with van der Waals surface area (Å²) < 4.78 is 15.8. The zero-order chi connectivity index (χ0) is 20.6. The fraction of sp³-hybridized carbons (Fsp3) is 0.650. The zero-order valence-electron chi connectivity index (χ0n) is 17.2. The van der Waals surface area contributed by atoms with Crippen LogP contribution in [0.15, 0.2) is 18.3 Å². The summed E-state index contributed by atoms with van der Waals surface area (Å²) in [5.41, 5.74) is -0.0453. The van der Waals surface area contributed by atoms with Crippen molar-refractivity contribution in [1.82, 2.24) is 15.2 Å².